The van der Waals surface area contributed by atoms with E-state index < -0.39 is 0 Å². The molecule has 0 amide bonds. The fourth-order valence-corrected chi connectivity index (χ4v) is 1.67. The summed E-state index contributed by atoms with van der Waals surface area (Å²) in [6, 6.07) is 11.7. The van der Waals surface area contributed by atoms with Gasteiger partial charge in [-0.15, -0.1) is 0 Å². The second-order valence-corrected chi connectivity index (χ2v) is 3.93. The maximum Gasteiger partial charge on any atom is 0.144 e. The maximum absolute atomic E-state index is 13.1. The third-order valence-electron chi connectivity index (χ3n) is 2.63. The lowest BCUT2D eigenvalue weighted by atomic mass is 10.1. The first-order chi connectivity index (χ1) is 8.70. The third kappa shape index (κ3) is 2.64. The quantitative estimate of drug-likeness (QED) is 0.897. The number of benzene rings is 1. The largest absolute Gasteiger partial charge is 0.362 e. The van der Waals surface area contributed by atoms with Crippen LogP contribution in [0.5, 0.6) is 0 Å². The summed E-state index contributed by atoms with van der Waals surface area (Å²) in [5, 5.41) is 12.1. The van der Waals surface area contributed by atoms with Crippen molar-refractivity contribution in [1.82, 2.24) is 4.98 Å². The highest BCUT2D eigenvalue weighted by Gasteiger charge is 2.09. The normalized spacial score (nSPS) is 11.6. The molecule has 3 nitrogen and oxygen atoms in total. The lowest BCUT2D eigenvalue weighted by Crippen LogP contribution is -2.09. The van der Waals surface area contributed by atoms with E-state index in [1.165, 1.54) is 12.1 Å². The van der Waals surface area contributed by atoms with Gasteiger partial charge >= 0.3 is 0 Å². The Morgan fingerprint density at radius 3 is 2.89 bits per heavy atom. The van der Waals surface area contributed by atoms with Crippen molar-refractivity contribution in [2.45, 2.75) is 13.0 Å². The number of rotatable bonds is 3. The summed E-state index contributed by atoms with van der Waals surface area (Å²) in [5.41, 5.74) is 1.28. The zero-order valence-electron chi connectivity index (χ0n) is 9.89. The number of hydrogen-bond acceptors (Lipinski definition) is 3. The van der Waals surface area contributed by atoms with Crippen LogP contribution in [-0.2, 0) is 0 Å². The van der Waals surface area contributed by atoms with E-state index in [4.69, 9.17) is 5.26 Å². The fraction of sp³-hybridized carbons (Fsp3) is 0.143. The number of hydrogen-bond donors (Lipinski definition) is 1. The van der Waals surface area contributed by atoms with Gasteiger partial charge in [-0.25, -0.2) is 9.37 Å². The SMILES string of the molecule is CC(Nc1ncccc1C#N)c1cccc(F)c1. The van der Waals surface area contributed by atoms with Crippen LogP contribution in [0.2, 0.25) is 0 Å². The van der Waals surface area contributed by atoms with Crippen molar-refractivity contribution in [3.05, 3.63) is 59.5 Å². The van der Waals surface area contributed by atoms with Gasteiger partial charge in [0.15, 0.2) is 0 Å². The smallest absolute Gasteiger partial charge is 0.144 e. The first kappa shape index (κ1) is 12.1. The van der Waals surface area contributed by atoms with Crippen LogP contribution in [0.15, 0.2) is 42.6 Å². The Balaban J connectivity index is 2.22. The van der Waals surface area contributed by atoms with Crippen LogP contribution >= 0.6 is 0 Å². The second-order valence-electron chi connectivity index (χ2n) is 3.93. The minimum Gasteiger partial charge on any atom is -0.362 e. The Kier molecular flexibility index (Phi) is 3.54. The molecule has 1 unspecified atom stereocenters. The molecule has 0 radical (unpaired) electrons. The molecule has 0 aliphatic heterocycles. The first-order valence-electron chi connectivity index (χ1n) is 5.58. The molecule has 4 heteroatoms. The van der Waals surface area contributed by atoms with Crippen LogP contribution in [0.4, 0.5) is 10.2 Å². The summed E-state index contributed by atoms with van der Waals surface area (Å²) in [6.45, 7) is 1.89. The minimum atomic E-state index is -0.275. The highest BCUT2D eigenvalue weighted by atomic mass is 19.1. The Bertz CT molecular complexity index is 590. The van der Waals surface area contributed by atoms with Crippen molar-refractivity contribution >= 4 is 5.82 Å². The highest BCUT2D eigenvalue weighted by molar-refractivity contribution is 5.52. The average Bonchev–Trinajstić information content (AvgIpc) is 2.39. The van der Waals surface area contributed by atoms with Gasteiger partial charge in [0, 0.05) is 6.20 Å². The van der Waals surface area contributed by atoms with Gasteiger partial charge in [-0.2, -0.15) is 5.26 Å². The average molecular weight is 241 g/mol. The molecule has 0 aliphatic rings. The molecular weight excluding hydrogens is 229 g/mol. The molecule has 1 aromatic carbocycles. The van der Waals surface area contributed by atoms with Crippen molar-refractivity contribution in [2.75, 3.05) is 5.32 Å². The van der Waals surface area contributed by atoms with Gasteiger partial charge in [-0.3, -0.25) is 0 Å². The van der Waals surface area contributed by atoms with Gasteiger partial charge in [-0.05, 0) is 36.8 Å². The lowest BCUT2D eigenvalue weighted by molar-refractivity contribution is 0.623. The fourth-order valence-electron chi connectivity index (χ4n) is 1.67. The van der Waals surface area contributed by atoms with E-state index in [0.717, 1.165) is 5.56 Å². The number of aromatic nitrogens is 1. The second kappa shape index (κ2) is 5.28. The van der Waals surface area contributed by atoms with E-state index in [1.807, 2.05) is 13.0 Å². The number of halogens is 1. The van der Waals surface area contributed by atoms with Gasteiger partial charge in [0.25, 0.3) is 0 Å². The molecule has 2 rings (SSSR count). The van der Waals surface area contributed by atoms with Crippen LogP contribution in [0.1, 0.15) is 24.1 Å². The molecule has 0 saturated heterocycles. The predicted molar refractivity (Wildman–Crippen MR) is 67.4 cm³/mol. The number of nitrogens with one attached hydrogen (secondary N) is 1. The molecule has 2 aromatic rings. The van der Waals surface area contributed by atoms with Crippen LogP contribution in [0, 0.1) is 17.1 Å². The molecule has 0 spiro atoms. The molecule has 0 aliphatic carbocycles. The van der Waals surface area contributed by atoms with Crippen LogP contribution in [-0.4, -0.2) is 4.98 Å². The van der Waals surface area contributed by atoms with Crippen LogP contribution in [0.3, 0.4) is 0 Å². The summed E-state index contributed by atoms with van der Waals surface area (Å²) >= 11 is 0. The van der Waals surface area contributed by atoms with Gasteiger partial charge < -0.3 is 5.32 Å². The Morgan fingerprint density at radius 1 is 1.33 bits per heavy atom. The summed E-state index contributed by atoms with van der Waals surface area (Å²) < 4.78 is 13.1. The van der Waals surface area contributed by atoms with Crippen LogP contribution in [0.25, 0.3) is 0 Å². The molecule has 1 N–H and O–H groups in total. The minimum absolute atomic E-state index is 0.123. The van der Waals surface area contributed by atoms with Gasteiger partial charge in [-0.1, -0.05) is 12.1 Å². The number of nitriles is 1. The van der Waals surface area contributed by atoms with E-state index in [-0.39, 0.29) is 11.9 Å². The molecule has 0 bridgehead atoms. The van der Waals surface area contributed by atoms with E-state index >= 15 is 0 Å². The summed E-state index contributed by atoms with van der Waals surface area (Å²) in [4.78, 5) is 4.11. The van der Waals surface area contributed by atoms with Crippen molar-refractivity contribution in [1.29, 1.82) is 5.26 Å². The standard InChI is InChI=1S/C14H12FN3/c1-10(11-4-2-6-13(15)8-11)18-14-12(9-16)5-3-7-17-14/h2-8,10H,1H3,(H,17,18). The number of pyridine rings is 1. The van der Waals surface area contributed by atoms with Gasteiger partial charge in [0.05, 0.1) is 11.6 Å². The number of anilines is 1. The van der Waals surface area contributed by atoms with E-state index in [0.29, 0.717) is 11.4 Å². The molecule has 0 fully saturated rings. The Morgan fingerprint density at radius 2 is 2.17 bits per heavy atom. The third-order valence-corrected chi connectivity index (χ3v) is 2.63. The lowest BCUT2D eigenvalue weighted by Gasteiger charge is -2.15. The maximum atomic E-state index is 13.1. The molecule has 1 aromatic heterocycles. The Labute approximate surface area is 105 Å². The molecule has 90 valence electrons. The zero-order valence-corrected chi connectivity index (χ0v) is 9.89. The van der Waals surface area contributed by atoms with E-state index in [9.17, 15) is 4.39 Å². The highest BCUT2D eigenvalue weighted by Crippen LogP contribution is 2.20. The summed E-state index contributed by atoms with van der Waals surface area (Å²) in [5.74, 6) is 0.236. The van der Waals surface area contributed by atoms with E-state index in [2.05, 4.69) is 16.4 Å². The molecule has 0 saturated carbocycles. The topological polar surface area (TPSA) is 48.7 Å². The first-order valence-corrected chi connectivity index (χ1v) is 5.58. The van der Waals surface area contributed by atoms with E-state index in [1.54, 1.807) is 24.4 Å². The van der Waals surface area contributed by atoms with Crippen molar-refractivity contribution in [3.63, 3.8) is 0 Å². The molecule has 1 atom stereocenters. The zero-order chi connectivity index (χ0) is 13.0. The molecular formula is C14H12FN3. The Hall–Kier alpha value is -2.41. The number of nitrogens with zero attached hydrogens (tertiary/aromatic N) is 2. The van der Waals surface area contributed by atoms with Gasteiger partial charge in [0.1, 0.15) is 17.7 Å². The van der Waals surface area contributed by atoms with Crippen molar-refractivity contribution in [2.24, 2.45) is 0 Å². The van der Waals surface area contributed by atoms with Gasteiger partial charge in [0.2, 0.25) is 0 Å². The van der Waals surface area contributed by atoms with Crippen molar-refractivity contribution in [3.8, 4) is 6.07 Å². The summed E-state index contributed by atoms with van der Waals surface area (Å²) in [7, 11) is 0. The van der Waals surface area contributed by atoms with Crippen LogP contribution < -0.4 is 5.32 Å². The monoisotopic (exact) mass is 241 g/mol. The summed E-state index contributed by atoms with van der Waals surface area (Å²) in [6.07, 6.45) is 1.61. The molecule has 1 heterocycles. The predicted octanol–water partition coefficient (Wildman–Crippen LogP) is 3.27. The van der Waals surface area contributed by atoms with Crippen molar-refractivity contribution < 1.29 is 4.39 Å². The molecule has 18 heavy (non-hydrogen) atoms.